The number of rotatable bonds is 8. The third kappa shape index (κ3) is 5.41. The summed E-state index contributed by atoms with van der Waals surface area (Å²) in [6, 6.07) is 11.3. The van der Waals surface area contributed by atoms with Crippen molar-refractivity contribution in [3.05, 3.63) is 47.5 Å². The third-order valence-corrected chi connectivity index (χ3v) is 3.82. The van der Waals surface area contributed by atoms with Gasteiger partial charge in [-0.2, -0.15) is 0 Å². The number of benzene rings is 2. The molecule has 0 bridgehead atoms. The van der Waals surface area contributed by atoms with Crippen LogP contribution in [0.15, 0.2) is 36.4 Å². The van der Waals surface area contributed by atoms with E-state index in [2.05, 4.69) is 18.3 Å². The van der Waals surface area contributed by atoms with E-state index in [0.717, 1.165) is 11.3 Å². The minimum atomic E-state index is -0.0762. The molecule has 0 aliphatic rings. The Kier molecular flexibility index (Phi) is 6.69. The van der Waals surface area contributed by atoms with Crippen molar-refractivity contribution in [2.45, 2.75) is 26.7 Å². The average Bonchev–Trinajstić information content (AvgIpc) is 2.60. The molecular formula is C20H25NO4. The summed E-state index contributed by atoms with van der Waals surface area (Å²) in [7, 11) is 3.14. The second-order valence-electron chi connectivity index (χ2n) is 5.84. The number of hydrogen-bond donors (Lipinski definition) is 1. The molecule has 0 aliphatic heterocycles. The van der Waals surface area contributed by atoms with Crippen LogP contribution < -0.4 is 19.5 Å². The van der Waals surface area contributed by atoms with E-state index in [1.165, 1.54) is 5.56 Å². The number of carbonyl (C=O) groups excluding carboxylic acids is 1. The van der Waals surface area contributed by atoms with Gasteiger partial charge in [0.15, 0.2) is 0 Å². The lowest BCUT2D eigenvalue weighted by Gasteiger charge is -2.12. The number of methoxy groups -OCH3 is 2. The zero-order chi connectivity index (χ0) is 18.2. The Morgan fingerprint density at radius 2 is 1.80 bits per heavy atom. The smallest absolute Gasteiger partial charge is 0.224 e. The van der Waals surface area contributed by atoms with Crippen LogP contribution in [0.25, 0.3) is 0 Å². The van der Waals surface area contributed by atoms with Gasteiger partial charge in [0.2, 0.25) is 5.91 Å². The minimum absolute atomic E-state index is 0.0762. The Morgan fingerprint density at radius 3 is 2.48 bits per heavy atom. The highest BCUT2D eigenvalue weighted by Crippen LogP contribution is 2.29. The number of amides is 1. The largest absolute Gasteiger partial charge is 0.497 e. The Hall–Kier alpha value is -2.69. The van der Waals surface area contributed by atoms with Crippen molar-refractivity contribution in [1.82, 2.24) is 0 Å². The van der Waals surface area contributed by atoms with E-state index in [-0.39, 0.29) is 5.91 Å². The van der Waals surface area contributed by atoms with Gasteiger partial charge in [-0.05, 0) is 44.0 Å². The number of nitrogens with one attached hydrogen (secondary N) is 1. The average molecular weight is 343 g/mol. The van der Waals surface area contributed by atoms with Gasteiger partial charge < -0.3 is 19.5 Å². The highest BCUT2D eigenvalue weighted by molar-refractivity contribution is 5.92. The maximum Gasteiger partial charge on any atom is 0.224 e. The molecule has 2 aromatic carbocycles. The monoisotopic (exact) mass is 343 g/mol. The van der Waals surface area contributed by atoms with Gasteiger partial charge in [-0.1, -0.05) is 17.7 Å². The fourth-order valence-electron chi connectivity index (χ4n) is 2.49. The van der Waals surface area contributed by atoms with Crippen LogP contribution in [0.2, 0.25) is 0 Å². The van der Waals surface area contributed by atoms with Crippen LogP contribution >= 0.6 is 0 Å². The van der Waals surface area contributed by atoms with Crippen LogP contribution in [0.4, 0.5) is 5.69 Å². The lowest BCUT2D eigenvalue weighted by molar-refractivity contribution is -0.116. The summed E-state index contributed by atoms with van der Waals surface area (Å²) >= 11 is 0. The van der Waals surface area contributed by atoms with Crippen LogP contribution in [0, 0.1) is 13.8 Å². The summed E-state index contributed by atoms with van der Waals surface area (Å²) in [6.07, 6.45) is 1.01. The van der Waals surface area contributed by atoms with Crippen molar-refractivity contribution >= 4 is 11.6 Å². The van der Waals surface area contributed by atoms with Gasteiger partial charge >= 0.3 is 0 Å². The van der Waals surface area contributed by atoms with Gasteiger partial charge in [0.05, 0.1) is 26.5 Å². The topological polar surface area (TPSA) is 56.8 Å². The molecule has 1 N–H and O–H groups in total. The van der Waals surface area contributed by atoms with Gasteiger partial charge in [0, 0.05) is 12.5 Å². The Labute approximate surface area is 148 Å². The molecule has 2 rings (SSSR count). The van der Waals surface area contributed by atoms with E-state index >= 15 is 0 Å². The van der Waals surface area contributed by atoms with E-state index in [1.54, 1.807) is 32.4 Å². The van der Waals surface area contributed by atoms with E-state index in [9.17, 15) is 4.79 Å². The zero-order valence-corrected chi connectivity index (χ0v) is 15.2. The van der Waals surface area contributed by atoms with Crippen molar-refractivity contribution < 1.29 is 19.0 Å². The highest BCUT2D eigenvalue weighted by Gasteiger charge is 2.09. The second-order valence-corrected chi connectivity index (χ2v) is 5.84. The number of ether oxygens (including phenoxy) is 3. The molecule has 0 aliphatic carbocycles. The molecular weight excluding hydrogens is 318 g/mol. The van der Waals surface area contributed by atoms with Gasteiger partial charge in [0.25, 0.3) is 0 Å². The lowest BCUT2D eigenvalue weighted by Crippen LogP contribution is -2.13. The molecule has 0 unspecified atom stereocenters. The molecule has 2 aromatic rings. The van der Waals surface area contributed by atoms with Crippen LogP contribution in [-0.2, 0) is 4.79 Å². The fraction of sp³-hybridized carbons (Fsp3) is 0.350. The fourth-order valence-corrected chi connectivity index (χ4v) is 2.49. The normalized spacial score (nSPS) is 10.2. The first-order chi connectivity index (χ1) is 12.0. The van der Waals surface area contributed by atoms with Crippen LogP contribution in [0.5, 0.6) is 17.2 Å². The van der Waals surface area contributed by atoms with Gasteiger partial charge in [-0.15, -0.1) is 0 Å². The molecule has 0 atom stereocenters. The minimum Gasteiger partial charge on any atom is -0.497 e. The number of aryl methyl sites for hydroxylation is 2. The molecule has 0 saturated carbocycles. The molecule has 0 aromatic heterocycles. The summed E-state index contributed by atoms with van der Waals surface area (Å²) in [5, 5.41) is 2.86. The van der Waals surface area contributed by atoms with E-state index in [0.29, 0.717) is 36.6 Å². The Morgan fingerprint density at radius 1 is 1.00 bits per heavy atom. The van der Waals surface area contributed by atoms with Crippen molar-refractivity contribution in [2.24, 2.45) is 0 Å². The summed E-state index contributed by atoms with van der Waals surface area (Å²) in [5.41, 5.74) is 2.94. The Balaban J connectivity index is 1.81. The predicted molar refractivity (Wildman–Crippen MR) is 98.8 cm³/mol. The summed E-state index contributed by atoms with van der Waals surface area (Å²) in [6.45, 7) is 4.57. The standard InChI is InChI=1S/C20H25NO4/c1-14-7-10-18(15(2)12-14)25-11-5-6-20(22)21-17-9-8-16(23-3)13-19(17)24-4/h7-10,12-13H,5-6,11H2,1-4H3,(H,21,22). The van der Waals surface area contributed by atoms with Crippen molar-refractivity contribution in [2.75, 3.05) is 26.1 Å². The lowest BCUT2D eigenvalue weighted by atomic mass is 10.1. The number of hydrogen-bond acceptors (Lipinski definition) is 4. The maximum absolute atomic E-state index is 12.1. The molecule has 0 saturated heterocycles. The van der Waals surface area contributed by atoms with Crippen LogP contribution in [0.3, 0.4) is 0 Å². The van der Waals surface area contributed by atoms with Crippen LogP contribution in [0.1, 0.15) is 24.0 Å². The van der Waals surface area contributed by atoms with Crippen molar-refractivity contribution in [1.29, 1.82) is 0 Å². The maximum atomic E-state index is 12.1. The predicted octanol–water partition coefficient (Wildman–Crippen LogP) is 4.12. The van der Waals surface area contributed by atoms with Gasteiger partial charge in [-0.3, -0.25) is 4.79 Å². The van der Waals surface area contributed by atoms with Crippen molar-refractivity contribution in [3.8, 4) is 17.2 Å². The van der Waals surface area contributed by atoms with Gasteiger partial charge in [0.1, 0.15) is 17.2 Å². The van der Waals surface area contributed by atoms with Gasteiger partial charge in [-0.25, -0.2) is 0 Å². The molecule has 0 spiro atoms. The summed E-state index contributed by atoms with van der Waals surface area (Å²) < 4.78 is 16.2. The molecule has 134 valence electrons. The first-order valence-corrected chi connectivity index (χ1v) is 8.25. The van der Waals surface area contributed by atoms with E-state index in [4.69, 9.17) is 14.2 Å². The first-order valence-electron chi connectivity index (χ1n) is 8.25. The second kappa shape index (κ2) is 8.97. The van der Waals surface area contributed by atoms with Crippen molar-refractivity contribution in [3.63, 3.8) is 0 Å². The highest BCUT2D eigenvalue weighted by atomic mass is 16.5. The molecule has 0 fully saturated rings. The molecule has 25 heavy (non-hydrogen) atoms. The zero-order valence-electron chi connectivity index (χ0n) is 15.2. The summed E-state index contributed by atoms with van der Waals surface area (Å²) in [4.78, 5) is 12.1. The van der Waals surface area contributed by atoms with E-state index < -0.39 is 0 Å². The molecule has 0 heterocycles. The first kappa shape index (κ1) is 18.6. The quantitative estimate of drug-likeness (QED) is 0.733. The molecule has 5 nitrogen and oxygen atoms in total. The van der Waals surface area contributed by atoms with E-state index in [1.807, 2.05) is 19.1 Å². The number of carbonyl (C=O) groups is 1. The summed E-state index contributed by atoms with van der Waals surface area (Å²) in [5.74, 6) is 2.03. The SMILES string of the molecule is COc1ccc(NC(=O)CCCOc2ccc(C)cc2C)c(OC)c1. The molecule has 0 radical (unpaired) electrons. The third-order valence-electron chi connectivity index (χ3n) is 3.82. The van der Waals surface area contributed by atoms with Crippen LogP contribution in [-0.4, -0.2) is 26.7 Å². The molecule has 5 heteroatoms. The number of anilines is 1. The molecule has 1 amide bonds. The Bertz CT molecular complexity index is 728.